The number of amides is 2. The number of hydrogen-bond acceptors (Lipinski definition) is 4. The van der Waals surface area contributed by atoms with Crippen LogP contribution < -0.4 is 0 Å². The molecule has 6 heteroatoms. The number of carbonyl (C=O) groups excluding carboxylic acids is 2. The molecule has 1 heterocycles. The van der Waals surface area contributed by atoms with Gasteiger partial charge in [0.05, 0.1) is 18.9 Å². The van der Waals surface area contributed by atoms with Gasteiger partial charge in [0.15, 0.2) is 0 Å². The Balaban J connectivity index is 2.22. The molecule has 1 N–H and O–H groups in total. The van der Waals surface area contributed by atoms with Crippen LogP contribution in [0.15, 0.2) is 0 Å². The summed E-state index contributed by atoms with van der Waals surface area (Å²) in [5.74, 6) is -1.17. The van der Waals surface area contributed by atoms with E-state index in [0.717, 1.165) is 32.1 Å². The van der Waals surface area contributed by atoms with Crippen LogP contribution in [0.5, 0.6) is 0 Å². The van der Waals surface area contributed by atoms with Crippen molar-refractivity contribution in [3.63, 3.8) is 0 Å². The Morgan fingerprint density at radius 2 is 1.95 bits per heavy atom. The summed E-state index contributed by atoms with van der Waals surface area (Å²) in [5, 5.41) is 9.25. The summed E-state index contributed by atoms with van der Waals surface area (Å²) in [4.78, 5) is 38.7. The van der Waals surface area contributed by atoms with E-state index in [1.807, 2.05) is 11.9 Å². The average Bonchev–Trinajstić information content (AvgIpc) is 2.72. The van der Waals surface area contributed by atoms with Gasteiger partial charge in [-0.05, 0) is 26.8 Å². The minimum atomic E-state index is -0.840. The fraction of sp³-hybridized carbons (Fsp3) is 0.800. The Labute approximate surface area is 125 Å². The Bertz CT molecular complexity index is 443. The molecule has 1 atom stereocenters. The highest BCUT2D eigenvalue weighted by Gasteiger charge is 2.48. The van der Waals surface area contributed by atoms with Crippen molar-refractivity contribution in [2.45, 2.75) is 63.5 Å². The molecule has 1 aliphatic carbocycles. The van der Waals surface area contributed by atoms with Gasteiger partial charge < -0.3 is 5.11 Å². The van der Waals surface area contributed by atoms with Gasteiger partial charge in [0.2, 0.25) is 11.8 Å². The van der Waals surface area contributed by atoms with E-state index in [1.165, 1.54) is 4.90 Å². The first-order valence-corrected chi connectivity index (χ1v) is 7.70. The number of nitrogens with zero attached hydrogens (tertiary/aromatic N) is 2. The van der Waals surface area contributed by atoms with Gasteiger partial charge in [-0.3, -0.25) is 24.2 Å². The van der Waals surface area contributed by atoms with Gasteiger partial charge in [-0.15, -0.1) is 0 Å². The first-order valence-electron chi connectivity index (χ1n) is 7.70. The molecule has 1 saturated carbocycles. The maximum absolute atomic E-state index is 12.4. The number of likely N-dealkylation sites (tertiary alicyclic amines) is 1. The van der Waals surface area contributed by atoms with Crippen LogP contribution in [0.4, 0.5) is 0 Å². The van der Waals surface area contributed by atoms with Crippen LogP contribution >= 0.6 is 0 Å². The average molecular weight is 296 g/mol. The third-order valence-electron chi connectivity index (χ3n) is 5.02. The number of imide groups is 1. The summed E-state index contributed by atoms with van der Waals surface area (Å²) in [7, 11) is 1.81. The fourth-order valence-corrected chi connectivity index (χ4v) is 3.78. The molecule has 1 unspecified atom stereocenters. The second-order valence-electron chi connectivity index (χ2n) is 6.16. The molecule has 0 spiro atoms. The zero-order valence-electron chi connectivity index (χ0n) is 12.8. The molecule has 6 nitrogen and oxygen atoms in total. The van der Waals surface area contributed by atoms with Gasteiger partial charge in [-0.25, -0.2) is 0 Å². The molecule has 2 fully saturated rings. The first-order chi connectivity index (χ1) is 9.91. The number of hydrogen-bond donors (Lipinski definition) is 1. The maximum atomic E-state index is 12.4. The predicted molar refractivity (Wildman–Crippen MR) is 76.6 cm³/mol. The molecule has 118 valence electrons. The van der Waals surface area contributed by atoms with Crippen LogP contribution in [0.3, 0.4) is 0 Å². The molecule has 21 heavy (non-hydrogen) atoms. The second kappa shape index (κ2) is 6.13. The van der Waals surface area contributed by atoms with Gasteiger partial charge in [-0.1, -0.05) is 19.3 Å². The van der Waals surface area contributed by atoms with Crippen molar-refractivity contribution in [2.24, 2.45) is 0 Å². The Morgan fingerprint density at radius 1 is 1.33 bits per heavy atom. The lowest BCUT2D eigenvalue weighted by molar-refractivity contribution is -0.145. The standard InChI is InChI=1S/C15H24N2O4/c1-3-17-12(18)9-11(14(17)21)16(2)15(10-13(19)20)7-5-4-6-8-15/h11H,3-10H2,1-2H3,(H,19,20). The number of likely N-dealkylation sites (N-methyl/N-ethyl adjacent to an activating group) is 2. The van der Waals surface area contributed by atoms with Gasteiger partial charge in [0.25, 0.3) is 0 Å². The number of aliphatic carboxylic acids is 1. The van der Waals surface area contributed by atoms with Gasteiger partial charge in [0.1, 0.15) is 0 Å². The van der Waals surface area contributed by atoms with Gasteiger partial charge in [0, 0.05) is 12.1 Å². The third-order valence-corrected chi connectivity index (χ3v) is 5.02. The zero-order valence-corrected chi connectivity index (χ0v) is 12.8. The summed E-state index contributed by atoms with van der Waals surface area (Å²) in [5.41, 5.74) is -0.492. The van der Waals surface area contributed by atoms with Crippen LogP contribution in [0.1, 0.15) is 51.9 Å². The van der Waals surface area contributed by atoms with Crippen molar-refractivity contribution in [3.8, 4) is 0 Å². The molecular weight excluding hydrogens is 272 g/mol. The highest BCUT2D eigenvalue weighted by molar-refractivity contribution is 6.05. The molecule has 0 radical (unpaired) electrons. The van der Waals surface area contributed by atoms with Crippen molar-refractivity contribution in [3.05, 3.63) is 0 Å². The Hall–Kier alpha value is -1.43. The first kappa shape index (κ1) is 15.9. The molecular formula is C15H24N2O4. The maximum Gasteiger partial charge on any atom is 0.305 e. The van der Waals surface area contributed by atoms with E-state index in [1.54, 1.807) is 6.92 Å². The van der Waals surface area contributed by atoms with Gasteiger partial charge in [-0.2, -0.15) is 0 Å². The lowest BCUT2D eigenvalue weighted by atomic mass is 9.77. The minimum Gasteiger partial charge on any atom is -0.481 e. The van der Waals surface area contributed by atoms with Crippen molar-refractivity contribution >= 4 is 17.8 Å². The largest absolute Gasteiger partial charge is 0.481 e. The van der Waals surface area contributed by atoms with Crippen molar-refractivity contribution in [1.29, 1.82) is 0 Å². The third kappa shape index (κ3) is 2.95. The molecule has 0 aromatic carbocycles. The van der Waals surface area contributed by atoms with Crippen LogP contribution in [-0.2, 0) is 14.4 Å². The smallest absolute Gasteiger partial charge is 0.305 e. The lowest BCUT2D eigenvalue weighted by Crippen LogP contribution is -2.55. The van der Waals surface area contributed by atoms with Crippen LogP contribution in [0, 0.1) is 0 Å². The molecule has 1 saturated heterocycles. The molecule has 2 rings (SSSR count). The van der Waals surface area contributed by atoms with Crippen molar-refractivity contribution in [1.82, 2.24) is 9.80 Å². The number of carbonyl (C=O) groups is 3. The van der Waals surface area contributed by atoms with Crippen molar-refractivity contribution in [2.75, 3.05) is 13.6 Å². The summed E-state index contributed by atoms with van der Waals surface area (Å²) in [6.45, 7) is 2.17. The van der Waals surface area contributed by atoms with Crippen molar-refractivity contribution < 1.29 is 19.5 Å². The molecule has 0 aromatic rings. The van der Waals surface area contributed by atoms with Gasteiger partial charge >= 0.3 is 5.97 Å². The van der Waals surface area contributed by atoms with E-state index in [9.17, 15) is 19.5 Å². The summed E-state index contributed by atoms with van der Waals surface area (Å²) in [6, 6.07) is -0.505. The van der Waals surface area contributed by atoms with E-state index in [-0.39, 0.29) is 24.7 Å². The van der Waals surface area contributed by atoms with E-state index in [2.05, 4.69) is 0 Å². The molecule has 2 amide bonds. The molecule has 1 aliphatic heterocycles. The SMILES string of the molecule is CCN1C(=O)CC(N(C)C2(CC(=O)O)CCCCC2)C1=O. The summed E-state index contributed by atoms with van der Waals surface area (Å²) < 4.78 is 0. The summed E-state index contributed by atoms with van der Waals surface area (Å²) >= 11 is 0. The van der Waals surface area contributed by atoms with E-state index < -0.39 is 17.6 Å². The second-order valence-corrected chi connectivity index (χ2v) is 6.16. The van der Waals surface area contributed by atoms with E-state index in [4.69, 9.17) is 0 Å². The monoisotopic (exact) mass is 296 g/mol. The summed E-state index contributed by atoms with van der Waals surface area (Å²) in [6.07, 6.45) is 4.82. The minimum absolute atomic E-state index is 0.0353. The number of carboxylic acids is 1. The fourth-order valence-electron chi connectivity index (χ4n) is 3.78. The topological polar surface area (TPSA) is 77.9 Å². The lowest BCUT2D eigenvalue weighted by Gasteiger charge is -2.46. The highest BCUT2D eigenvalue weighted by atomic mass is 16.4. The molecule has 0 aromatic heterocycles. The van der Waals surface area contributed by atoms with Crippen LogP contribution in [0.25, 0.3) is 0 Å². The normalized spacial score (nSPS) is 25.7. The zero-order chi connectivity index (χ0) is 15.6. The van der Waals surface area contributed by atoms with Crippen LogP contribution in [-0.4, -0.2) is 57.9 Å². The number of carboxylic acid groups (broad SMARTS) is 1. The number of rotatable bonds is 5. The van der Waals surface area contributed by atoms with Crippen LogP contribution in [0.2, 0.25) is 0 Å². The molecule has 2 aliphatic rings. The Morgan fingerprint density at radius 3 is 2.43 bits per heavy atom. The molecule has 0 bridgehead atoms. The quantitative estimate of drug-likeness (QED) is 0.772. The highest BCUT2D eigenvalue weighted by Crippen LogP contribution is 2.38. The predicted octanol–water partition coefficient (Wildman–Crippen LogP) is 1.24. The Kier molecular flexibility index (Phi) is 4.66. The van der Waals surface area contributed by atoms with E-state index >= 15 is 0 Å². The van der Waals surface area contributed by atoms with E-state index in [0.29, 0.717) is 6.54 Å².